The Balaban J connectivity index is 1.42. The first kappa shape index (κ1) is 17.1. The van der Waals surface area contributed by atoms with Crippen molar-refractivity contribution in [2.45, 2.75) is 26.2 Å². The monoisotopic (exact) mass is 371 g/mol. The second-order valence-corrected chi connectivity index (χ2v) is 7.97. The zero-order chi connectivity index (χ0) is 18.1. The summed E-state index contributed by atoms with van der Waals surface area (Å²) < 4.78 is 0. The van der Waals surface area contributed by atoms with Crippen molar-refractivity contribution in [3.05, 3.63) is 29.5 Å². The molecule has 2 fully saturated rings. The molecule has 0 bridgehead atoms. The third kappa shape index (κ3) is 3.33. The van der Waals surface area contributed by atoms with Crippen LogP contribution < -0.4 is 0 Å². The predicted octanol–water partition coefficient (Wildman–Crippen LogP) is 2.07. The molecule has 2 aromatic heterocycles. The van der Waals surface area contributed by atoms with Gasteiger partial charge in [-0.2, -0.15) is 0 Å². The Morgan fingerprint density at radius 3 is 2.50 bits per heavy atom. The van der Waals surface area contributed by atoms with Gasteiger partial charge in [0.2, 0.25) is 5.91 Å². The van der Waals surface area contributed by atoms with Gasteiger partial charge in [0.15, 0.2) is 10.8 Å². The van der Waals surface area contributed by atoms with Crippen LogP contribution in [0.2, 0.25) is 0 Å². The Hall–Kier alpha value is -2.35. The van der Waals surface area contributed by atoms with E-state index in [0.29, 0.717) is 36.2 Å². The summed E-state index contributed by atoms with van der Waals surface area (Å²) in [6.07, 6.45) is 6.08. The van der Waals surface area contributed by atoms with Crippen LogP contribution in [0.25, 0.3) is 10.8 Å². The van der Waals surface area contributed by atoms with E-state index in [9.17, 15) is 9.59 Å². The number of rotatable bonds is 3. The van der Waals surface area contributed by atoms with E-state index in [2.05, 4.69) is 15.0 Å². The highest BCUT2D eigenvalue weighted by molar-refractivity contribution is 7.13. The molecular weight excluding hydrogens is 350 g/mol. The van der Waals surface area contributed by atoms with Crippen LogP contribution >= 0.6 is 11.3 Å². The van der Waals surface area contributed by atoms with Gasteiger partial charge in [0.25, 0.3) is 5.91 Å². The van der Waals surface area contributed by atoms with Crippen molar-refractivity contribution in [3.8, 4) is 10.8 Å². The highest BCUT2D eigenvalue weighted by Crippen LogP contribution is 2.46. The van der Waals surface area contributed by atoms with Crippen LogP contribution in [-0.4, -0.2) is 62.7 Å². The predicted molar refractivity (Wildman–Crippen MR) is 97.6 cm³/mol. The van der Waals surface area contributed by atoms with Crippen LogP contribution in [0.4, 0.5) is 0 Å². The lowest BCUT2D eigenvalue weighted by Crippen LogP contribution is -2.40. The molecule has 2 aromatic rings. The molecule has 0 radical (unpaired) electrons. The van der Waals surface area contributed by atoms with Gasteiger partial charge in [0.05, 0.1) is 0 Å². The second kappa shape index (κ2) is 6.75. The number of hydrogen-bond acceptors (Lipinski definition) is 6. The minimum Gasteiger partial charge on any atom is -0.340 e. The summed E-state index contributed by atoms with van der Waals surface area (Å²) in [5.41, 5.74) is 0.268. The fraction of sp³-hybridized carbons (Fsp3) is 0.500. The van der Waals surface area contributed by atoms with E-state index in [0.717, 1.165) is 25.8 Å². The van der Waals surface area contributed by atoms with Gasteiger partial charge in [-0.15, -0.1) is 11.3 Å². The van der Waals surface area contributed by atoms with E-state index >= 15 is 0 Å². The fourth-order valence-corrected chi connectivity index (χ4v) is 3.89. The summed E-state index contributed by atoms with van der Waals surface area (Å²) in [5.74, 6) is 0.682. The van der Waals surface area contributed by atoms with Gasteiger partial charge in [-0.1, -0.05) is 6.92 Å². The van der Waals surface area contributed by atoms with E-state index in [-0.39, 0.29) is 17.2 Å². The minimum atomic E-state index is -0.154. The second-order valence-electron chi connectivity index (χ2n) is 7.11. The van der Waals surface area contributed by atoms with Gasteiger partial charge >= 0.3 is 0 Å². The van der Waals surface area contributed by atoms with Crippen molar-refractivity contribution < 1.29 is 9.59 Å². The summed E-state index contributed by atoms with van der Waals surface area (Å²) in [5, 5.41) is 2.40. The van der Waals surface area contributed by atoms with Crippen LogP contribution in [0, 0.1) is 5.41 Å². The van der Waals surface area contributed by atoms with Gasteiger partial charge in [-0.25, -0.2) is 15.0 Å². The van der Waals surface area contributed by atoms with Crippen molar-refractivity contribution >= 4 is 23.2 Å². The van der Waals surface area contributed by atoms with Gasteiger partial charge in [0, 0.05) is 49.4 Å². The summed E-state index contributed by atoms with van der Waals surface area (Å²) in [4.78, 5) is 41.8. The molecule has 136 valence electrons. The van der Waals surface area contributed by atoms with E-state index in [4.69, 9.17) is 0 Å². The first-order chi connectivity index (χ1) is 12.6. The van der Waals surface area contributed by atoms with Crippen molar-refractivity contribution in [2.24, 2.45) is 5.41 Å². The average Bonchev–Trinajstić information content (AvgIpc) is 3.31. The minimum absolute atomic E-state index is 0.0876. The molecule has 2 aliphatic rings. The van der Waals surface area contributed by atoms with Crippen LogP contribution in [0.3, 0.4) is 0 Å². The number of aromatic nitrogens is 3. The molecule has 2 amide bonds. The maximum absolute atomic E-state index is 12.8. The summed E-state index contributed by atoms with van der Waals surface area (Å²) in [6, 6.07) is 1.75. The molecule has 7 nitrogen and oxygen atoms in total. The Kier molecular flexibility index (Phi) is 4.44. The number of amides is 2. The number of carbonyl (C=O) groups is 2. The molecule has 26 heavy (non-hydrogen) atoms. The molecule has 0 spiro atoms. The van der Waals surface area contributed by atoms with Crippen LogP contribution in [0.5, 0.6) is 0 Å². The Morgan fingerprint density at radius 2 is 1.77 bits per heavy atom. The third-order valence-electron chi connectivity index (χ3n) is 5.07. The summed E-state index contributed by atoms with van der Waals surface area (Å²) >= 11 is 1.37. The van der Waals surface area contributed by atoms with Crippen molar-refractivity contribution in [1.29, 1.82) is 0 Å². The molecule has 0 aromatic carbocycles. The largest absolute Gasteiger partial charge is 0.340 e. The first-order valence-electron chi connectivity index (χ1n) is 8.88. The zero-order valence-corrected chi connectivity index (χ0v) is 15.5. The molecule has 0 N–H and O–H groups in total. The van der Waals surface area contributed by atoms with Gasteiger partial charge in [-0.3, -0.25) is 9.59 Å². The maximum atomic E-state index is 12.8. The highest BCUT2D eigenvalue weighted by Gasteiger charge is 2.47. The smallest absolute Gasteiger partial charge is 0.273 e. The summed E-state index contributed by atoms with van der Waals surface area (Å²) in [7, 11) is 0. The number of thiazole rings is 1. The Bertz CT molecular complexity index is 818. The number of nitrogens with zero attached hydrogens (tertiary/aromatic N) is 5. The lowest BCUT2D eigenvalue weighted by molar-refractivity contribution is -0.136. The highest BCUT2D eigenvalue weighted by atomic mass is 32.1. The number of hydrogen-bond donors (Lipinski definition) is 0. The normalized spacial score (nSPS) is 19.1. The van der Waals surface area contributed by atoms with Crippen molar-refractivity contribution in [2.75, 3.05) is 26.2 Å². The van der Waals surface area contributed by atoms with Crippen molar-refractivity contribution in [1.82, 2.24) is 24.8 Å². The Morgan fingerprint density at radius 1 is 1.08 bits per heavy atom. The van der Waals surface area contributed by atoms with Crippen LogP contribution in [0.1, 0.15) is 36.7 Å². The molecule has 8 heteroatoms. The molecule has 1 aliphatic carbocycles. The van der Waals surface area contributed by atoms with Gasteiger partial charge in [-0.05, 0) is 25.3 Å². The van der Waals surface area contributed by atoms with E-state index in [1.54, 1.807) is 28.7 Å². The maximum Gasteiger partial charge on any atom is 0.273 e. The topological polar surface area (TPSA) is 79.3 Å². The lowest BCUT2D eigenvalue weighted by Gasteiger charge is -2.24. The molecule has 3 heterocycles. The molecule has 0 unspecified atom stereocenters. The standard InChI is InChI=1S/C18H21N5O2S/c1-18(4-5-18)17(25)23-9-3-8-22(10-11-23)16(24)13-12-26-15(21-13)14-19-6-2-7-20-14/h2,6-7,12H,3-5,8-11H2,1H3. The number of carbonyl (C=O) groups excluding carboxylic acids is 2. The van der Waals surface area contributed by atoms with E-state index in [1.807, 2.05) is 11.8 Å². The Labute approximate surface area is 156 Å². The molecule has 0 atom stereocenters. The SMILES string of the molecule is CC1(C(=O)N2CCCN(C(=O)c3csc(-c4ncccn4)n3)CC2)CC1. The van der Waals surface area contributed by atoms with Crippen LogP contribution in [0.15, 0.2) is 23.8 Å². The molecule has 1 saturated heterocycles. The molecular formula is C18H21N5O2S. The quantitative estimate of drug-likeness (QED) is 0.825. The lowest BCUT2D eigenvalue weighted by atomic mass is 10.1. The molecule has 4 rings (SSSR count). The zero-order valence-electron chi connectivity index (χ0n) is 14.7. The van der Waals surface area contributed by atoms with E-state index < -0.39 is 0 Å². The first-order valence-corrected chi connectivity index (χ1v) is 9.76. The van der Waals surface area contributed by atoms with Gasteiger partial charge in [0.1, 0.15) is 5.69 Å². The van der Waals surface area contributed by atoms with E-state index in [1.165, 1.54) is 11.3 Å². The van der Waals surface area contributed by atoms with Crippen LogP contribution in [-0.2, 0) is 4.79 Å². The molecule has 1 aliphatic heterocycles. The van der Waals surface area contributed by atoms with Gasteiger partial charge < -0.3 is 9.80 Å². The fourth-order valence-electron chi connectivity index (χ4n) is 3.15. The average molecular weight is 371 g/mol. The summed E-state index contributed by atoms with van der Waals surface area (Å²) in [6.45, 7) is 4.55. The van der Waals surface area contributed by atoms with Crippen molar-refractivity contribution in [3.63, 3.8) is 0 Å². The third-order valence-corrected chi connectivity index (χ3v) is 5.91. The molecule has 1 saturated carbocycles.